The van der Waals surface area contributed by atoms with Crippen LogP contribution in [0.15, 0.2) is 48.5 Å². The van der Waals surface area contributed by atoms with Crippen molar-refractivity contribution in [2.75, 3.05) is 5.73 Å². The van der Waals surface area contributed by atoms with E-state index in [4.69, 9.17) is 5.73 Å². The Bertz CT molecular complexity index is 878. The van der Waals surface area contributed by atoms with Crippen molar-refractivity contribution >= 4 is 27.1 Å². The number of nitrogens with zero attached hydrogens (tertiary/aromatic N) is 3. The van der Waals surface area contributed by atoms with E-state index < -0.39 is 0 Å². The van der Waals surface area contributed by atoms with Crippen molar-refractivity contribution < 1.29 is 0 Å². The Morgan fingerprint density at radius 3 is 2.71 bits per heavy atom. The van der Waals surface area contributed by atoms with Gasteiger partial charge in [0.15, 0.2) is 5.82 Å². The fraction of sp³-hybridized carbons (Fsp3) is 0. The Kier molecular flexibility index (Phi) is 2.68. The van der Waals surface area contributed by atoms with Crippen LogP contribution in [0, 0.1) is 0 Å². The van der Waals surface area contributed by atoms with Gasteiger partial charge >= 0.3 is 0 Å². The molecule has 0 bridgehead atoms. The number of benzene rings is 2. The molecule has 6 heteroatoms. The Balaban J connectivity index is 1.95. The predicted molar refractivity (Wildman–Crippen MR) is 84.8 cm³/mol. The summed E-state index contributed by atoms with van der Waals surface area (Å²) in [6.45, 7) is 0. The van der Waals surface area contributed by atoms with Crippen molar-refractivity contribution in [1.82, 2.24) is 20.6 Å². The maximum atomic E-state index is 5.91. The molecule has 2 heterocycles. The number of aromatic nitrogens is 4. The van der Waals surface area contributed by atoms with Gasteiger partial charge in [0.05, 0.1) is 0 Å². The number of tetrazole rings is 1. The van der Waals surface area contributed by atoms with Gasteiger partial charge in [-0.2, -0.15) is 0 Å². The van der Waals surface area contributed by atoms with Crippen LogP contribution in [0.4, 0.5) is 5.69 Å². The molecular weight excluding hydrogens is 282 g/mol. The van der Waals surface area contributed by atoms with E-state index in [-0.39, 0.29) is 0 Å². The second-order valence-electron chi connectivity index (χ2n) is 4.70. The molecule has 0 amide bonds. The van der Waals surface area contributed by atoms with Gasteiger partial charge in [0, 0.05) is 26.4 Å². The highest BCUT2D eigenvalue weighted by atomic mass is 32.1. The van der Waals surface area contributed by atoms with E-state index in [1.807, 2.05) is 30.3 Å². The van der Waals surface area contributed by atoms with Crippen LogP contribution in [0.5, 0.6) is 0 Å². The van der Waals surface area contributed by atoms with Crippen LogP contribution >= 0.6 is 11.3 Å². The van der Waals surface area contributed by atoms with Crippen molar-refractivity contribution in [2.45, 2.75) is 0 Å². The third kappa shape index (κ3) is 2.05. The fourth-order valence-electron chi connectivity index (χ4n) is 2.36. The fourth-order valence-corrected chi connectivity index (χ4v) is 3.46. The first kappa shape index (κ1) is 12.0. The molecule has 0 aliphatic rings. The van der Waals surface area contributed by atoms with Crippen LogP contribution < -0.4 is 5.73 Å². The number of aromatic amines is 1. The Morgan fingerprint density at radius 1 is 1.00 bits per heavy atom. The minimum atomic E-state index is 0.620. The highest BCUT2D eigenvalue weighted by Gasteiger charge is 2.13. The first-order chi connectivity index (χ1) is 10.3. The molecule has 0 radical (unpaired) electrons. The molecule has 2 aromatic heterocycles. The van der Waals surface area contributed by atoms with Crippen LogP contribution in [0.25, 0.3) is 31.9 Å². The van der Waals surface area contributed by atoms with Gasteiger partial charge in [0.25, 0.3) is 0 Å². The third-order valence-corrected chi connectivity index (χ3v) is 4.48. The average molecular weight is 293 g/mol. The minimum absolute atomic E-state index is 0.620. The number of nitrogens with two attached hydrogens (primary N) is 1. The zero-order valence-electron chi connectivity index (χ0n) is 10.9. The zero-order valence-corrected chi connectivity index (χ0v) is 11.8. The molecule has 5 nitrogen and oxygen atoms in total. The Morgan fingerprint density at radius 2 is 1.90 bits per heavy atom. The van der Waals surface area contributed by atoms with Gasteiger partial charge in [-0.15, -0.1) is 16.4 Å². The molecule has 0 spiro atoms. The number of H-pyrrole nitrogens is 1. The second-order valence-corrected chi connectivity index (χ2v) is 5.79. The lowest BCUT2D eigenvalue weighted by atomic mass is 10.0. The first-order valence-corrected chi connectivity index (χ1v) is 7.25. The van der Waals surface area contributed by atoms with Crippen LogP contribution in [0.1, 0.15) is 0 Å². The summed E-state index contributed by atoms with van der Waals surface area (Å²) in [5.74, 6) is 0.620. The maximum absolute atomic E-state index is 5.91. The quantitative estimate of drug-likeness (QED) is 0.555. The number of hydrogen-bond donors (Lipinski definition) is 2. The van der Waals surface area contributed by atoms with Crippen LogP contribution in [-0.4, -0.2) is 20.6 Å². The van der Waals surface area contributed by atoms with Crippen molar-refractivity contribution in [2.24, 2.45) is 0 Å². The van der Waals surface area contributed by atoms with Crippen molar-refractivity contribution in [3.05, 3.63) is 48.5 Å². The molecule has 4 aromatic rings. The molecule has 21 heavy (non-hydrogen) atoms. The number of anilines is 1. The third-order valence-electron chi connectivity index (χ3n) is 3.34. The average Bonchev–Trinajstić information content (AvgIpc) is 3.16. The Hall–Kier alpha value is -2.73. The summed E-state index contributed by atoms with van der Waals surface area (Å²) in [5.41, 5.74) is 8.58. The second kappa shape index (κ2) is 4.68. The topological polar surface area (TPSA) is 80.5 Å². The minimum Gasteiger partial charge on any atom is -0.399 e. The number of rotatable bonds is 2. The summed E-state index contributed by atoms with van der Waals surface area (Å²) in [7, 11) is 0. The molecule has 0 atom stereocenters. The van der Waals surface area contributed by atoms with Gasteiger partial charge in [-0.05, 0) is 40.1 Å². The van der Waals surface area contributed by atoms with Gasteiger partial charge in [0.1, 0.15) is 0 Å². The van der Waals surface area contributed by atoms with E-state index in [0.717, 1.165) is 11.1 Å². The molecule has 0 saturated heterocycles. The smallest absolute Gasteiger partial charge is 0.180 e. The van der Waals surface area contributed by atoms with Crippen molar-refractivity contribution in [3.63, 3.8) is 0 Å². The van der Waals surface area contributed by atoms with Gasteiger partial charge in [0.2, 0.25) is 0 Å². The monoisotopic (exact) mass is 293 g/mol. The van der Waals surface area contributed by atoms with Crippen LogP contribution in [0.2, 0.25) is 0 Å². The summed E-state index contributed by atoms with van der Waals surface area (Å²) in [4.78, 5) is 1.17. The summed E-state index contributed by atoms with van der Waals surface area (Å²) in [6, 6.07) is 16.3. The predicted octanol–water partition coefficient (Wildman–Crippen LogP) is 3.33. The summed E-state index contributed by atoms with van der Waals surface area (Å²) in [6.07, 6.45) is 0. The lowest BCUT2D eigenvalue weighted by Gasteiger charge is -2.05. The number of fused-ring (bicyclic) bond motifs is 1. The lowest BCUT2D eigenvalue weighted by Crippen LogP contribution is -1.90. The number of hydrogen-bond acceptors (Lipinski definition) is 5. The van der Waals surface area contributed by atoms with E-state index in [1.54, 1.807) is 11.3 Å². The standard InChI is InChI=1S/C15H11N5S/c16-10-5-6-11(12(8-10)15-17-19-20-18-15)14-7-9-3-1-2-4-13(9)21-14/h1-8H,16H2,(H,17,18,19,20). The molecule has 0 saturated carbocycles. The highest BCUT2D eigenvalue weighted by Crippen LogP contribution is 2.38. The van der Waals surface area contributed by atoms with E-state index in [2.05, 4.69) is 38.8 Å². The largest absolute Gasteiger partial charge is 0.399 e. The molecule has 3 N–H and O–H groups in total. The number of thiophene rings is 1. The maximum Gasteiger partial charge on any atom is 0.180 e. The molecule has 0 aliphatic heterocycles. The molecule has 0 unspecified atom stereocenters. The molecular formula is C15H11N5S. The molecule has 4 rings (SSSR count). The normalized spacial score (nSPS) is 11.0. The molecule has 0 aliphatic carbocycles. The highest BCUT2D eigenvalue weighted by molar-refractivity contribution is 7.22. The van der Waals surface area contributed by atoms with E-state index in [1.165, 1.54) is 15.0 Å². The molecule has 102 valence electrons. The SMILES string of the molecule is Nc1ccc(-c2cc3ccccc3s2)c(-c2nnn[nH]2)c1. The summed E-state index contributed by atoms with van der Waals surface area (Å²) < 4.78 is 1.26. The summed E-state index contributed by atoms with van der Waals surface area (Å²) in [5, 5.41) is 15.3. The Labute approximate surface area is 124 Å². The van der Waals surface area contributed by atoms with Gasteiger partial charge in [-0.3, -0.25) is 0 Å². The van der Waals surface area contributed by atoms with Gasteiger partial charge in [-0.1, -0.05) is 24.3 Å². The van der Waals surface area contributed by atoms with Gasteiger partial charge in [-0.25, -0.2) is 5.10 Å². The first-order valence-electron chi connectivity index (χ1n) is 6.44. The van der Waals surface area contributed by atoms with Crippen molar-refractivity contribution in [3.8, 4) is 21.8 Å². The number of nitrogen functional groups attached to an aromatic ring is 1. The van der Waals surface area contributed by atoms with E-state index in [0.29, 0.717) is 11.5 Å². The zero-order chi connectivity index (χ0) is 14.2. The van der Waals surface area contributed by atoms with Crippen LogP contribution in [0.3, 0.4) is 0 Å². The van der Waals surface area contributed by atoms with Crippen LogP contribution in [-0.2, 0) is 0 Å². The number of nitrogens with one attached hydrogen (secondary N) is 1. The molecule has 2 aromatic carbocycles. The summed E-state index contributed by atoms with van der Waals surface area (Å²) >= 11 is 1.74. The van der Waals surface area contributed by atoms with Gasteiger partial charge < -0.3 is 5.73 Å². The van der Waals surface area contributed by atoms with E-state index >= 15 is 0 Å². The van der Waals surface area contributed by atoms with Crippen molar-refractivity contribution in [1.29, 1.82) is 0 Å². The molecule has 0 fully saturated rings. The lowest BCUT2D eigenvalue weighted by molar-refractivity contribution is 0.881. The van der Waals surface area contributed by atoms with E-state index in [9.17, 15) is 0 Å².